The molecule has 1 unspecified atom stereocenters. The molecule has 1 fully saturated rings. The van der Waals surface area contributed by atoms with E-state index in [0.29, 0.717) is 17.8 Å². The normalized spacial score (nSPS) is 18.8. The highest BCUT2D eigenvalue weighted by Gasteiger charge is 2.23. The number of aliphatic carboxylic acids is 1. The third-order valence-electron chi connectivity index (χ3n) is 3.80. The van der Waals surface area contributed by atoms with Crippen molar-refractivity contribution in [2.24, 2.45) is 0 Å². The van der Waals surface area contributed by atoms with Crippen LogP contribution in [0.5, 0.6) is 0 Å². The number of hydrogen-bond acceptors (Lipinski definition) is 6. The van der Waals surface area contributed by atoms with Crippen LogP contribution in [0.15, 0.2) is 11.1 Å². The molecule has 3 rings (SSSR count). The first-order chi connectivity index (χ1) is 10.5. The lowest BCUT2D eigenvalue weighted by atomic mass is 10.0. The van der Waals surface area contributed by atoms with Crippen LogP contribution in [-0.4, -0.2) is 49.0 Å². The molecule has 0 spiro atoms. The lowest BCUT2D eigenvalue weighted by Crippen LogP contribution is -2.38. The fourth-order valence-corrected chi connectivity index (χ4v) is 3.47. The molecule has 1 aliphatic rings. The molecule has 1 N–H and O–H groups in total. The molecule has 0 aliphatic carbocycles. The van der Waals surface area contributed by atoms with E-state index in [1.54, 1.807) is 4.52 Å². The van der Waals surface area contributed by atoms with Gasteiger partial charge in [0.25, 0.3) is 5.78 Å². The van der Waals surface area contributed by atoms with Crippen LogP contribution in [-0.2, 0) is 4.79 Å². The predicted molar refractivity (Wildman–Crippen MR) is 84.5 cm³/mol. The summed E-state index contributed by atoms with van der Waals surface area (Å²) in [5.74, 6) is 0.356. The summed E-state index contributed by atoms with van der Waals surface area (Å²) >= 11 is 1.24. The fraction of sp³-hybridized carbons (Fsp3) is 0.571. The Hall–Kier alpha value is -1.83. The smallest absolute Gasteiger partial charge is 0.313 e. The summed E-state index contributed by atoms with van der Waals surface area (Å²) in [5.41, 5.74) is 0.811. The number of carboxylic acids is 1. The van der Waals surface area contributed by atoms with E-state index in [2.05, 4.69) is 26.9 Å². The Kier molecular flexibility index (Phi) is 4.19. The number of nitrogens with zero attached hydrogens (tertiary/aromatic N) is 5. The van der Waals surface area contributed by atoms with Crippen molar-refractivity contribution in [2.45, 2.75) is 44.2 Å². The first kappa shape index (κ1) is 15.1. The summed E-state index contributed by atoms with van der Waals surface area (Å²) in [6.07, 6.45) is 3.53. The summed E-state index contributed by atoms with van der Waals surface area (Å²) in [7, 11) is 0. The molecule has 1 atom stereocenters. The molecule has 0 aromatic carbocycles. The van der Waals surface area contributed by atoms with Gasteiger partial charge >= 0.3 is 5.97 Å². The molecule has 22 heavy (non-hydrogen) atoms. The van der Waals surface area contributed by atoms with E-state index in [-0.39, 0.29) is 5.75 Å². The summed E-state index contributed by atoms with van der Waals surface area (Å²) in [4.78, 5) is 22.0. The third kappa shape index (κ3) is 3.01. The Morgan fingerprint density at radius 2 is 2.27 bits per heavy atom. The predicted octanol–water partition coefficient (Wildman–Crippen LogP) is 1.99. The molecule has 1 aliphatic heterocycles. The van der Waals surface area contributed by atoms with E-state index in [4.69, 9.17) is 5.11 Å². The van der Waals surface area contributed by atoms with Crippen molar-refractivity contribution in [3.8, 4) is 0 Å². The van der Waals surface area contributed by atoms with Gasteiger partial charge in [-0.3, -0.25) is 4.79 Å². The van der Waals surface area contributed by atoms with Crippen molar-refractivity contribution >= 4 is 29.5 Å². The zero-order valence-electron chi connectivity index (χ0n) is 12.7. The summed E-state index contributed by atoms with van der Waals surface area (Å²) in [6, 6.07) is 2.26. The molecule has 0 bridgehead atoms. The number of carbonyl (C=O) groups is 1. The average molecular weight is 321 g/mol. The Balaban J connectivity index is 1.97. The van der Waals surface area contributed by atoms with Crippen LogP contribution in [0.3, 0.4) is 0 Å². The van der Waals surface area contributed by atoms with E-state index in [0.717, 1.165) is 30.1 Å². The van der Waals surface area contributed by atoms with E-state index in [1.165, 1.54) is 18.2 Å². The van der Waals surface area contributed by atoms with Crippen molar-refractivity contribution in [1.82, 2.24) is 19.6 Å². The maximum atomic E-state index is 10.8. The SMILES string of the molecule is Cc1cc(SCC(=O)O)n2nc(N3CCCCC3C)nc2n1. The monoisotopic (exact) mass is 321 g/mol. The molecule has 1 saturated heterocycles. The average Bonchev–Trinajstić information content (AvgIpc) is 2.88. The third-order valence-corrected chi connectivity index (χ3v) is 4.78. The van der Waals surface area contributed by atoms with Gasteiger partial charge in [0.05, 0.1) is 5.75 Å². The van der Waals surface area contributed by atoms with Crippen molar-refractivity contribution in [1.29, 1.82) is 0 Å². The number of anilines is 1. The number of hydrogen-bond donors (Lipinski definition) is 1. The summed E-state index contributed by atoms with van der Waals surface area (Å²) in [5, 5.41) is 14.2. The van der Waals surface area contributed by atoms with Crippen molar-refractivity contribution in [2.75, 3.05) is 17.2 Å². The van der Waals surface area contributed by atoms with Gasteiger partial charge in [0.15, 0.2) is 0 Å². The first-order valence-corrected chi connectivity index (χ1v) is 8.39. The molecule has 0 radical (unpaired) electrons. The van der Waals surface area contributed by atoms with Gasteiger partial charge in [-0.1, -0.05) is 11.8 Å². The Morgan fingerprint density at radius 3 is 3.00 bits per heavy atom. The maximum Gasteiger partial charge on any atom is 0.313 e. The van der Waals surface area contributed by atoms with E-state index in [9.17, 15) is 4.79 Å². The van der Waals surface area contributed by atoms with E-state index < -0.39 is 5.97 Å². The van der Waals surface area contributed by atoms with Crippen LogP contribution in [0.2, 0.25) is 0 Å². The highest BCUT2D eigenvalue weighted by molar-refractivity contribution is 7.99. The molecular formula is C14H19N5O2S. The summed E-state index contributed by atoms with van der Waals surface area (Å²) in [6.45, 7) is 5.01. The lowest BCUT2D eigenvalue weighted by molar-refractivity contribution is -0.133. The second-order valence-corrected chi connectivity index (χ2v) is 6.58. The van der Waals surface area contributed by atoms with Gasteiger partial charge in [-0.05, 0) is 39.2 Å². The van der Waals surface area contributed by atoms with Crippen LogP contribution >= 0.6 is 11.8 Å². The molecule has 7 nitrogen and oxygen atoms in total. The maximum absolute atomic E-state index is 10.8. The quantitative estimate of drug-likeness (QED) is 0.681. The second-order valence-electron chi connectivity index (χ2n) is 5.58. The number of aromatic nitrogens is 4. The molecule has 2 aromatic rings. The van der Waals surface area contributed by atoms with Gasteiger partial charge in [-0.15, -0.1) is 5.10 Å². The van der Waals surface area contributed by atoms with Crippen LogP contribution in [0.1, 0.15) is 31.9 Å². The zero-order chi connectivity index (χ0) is 15.7. The number of thioether (sulfide) groups is 1. The summed E-state index contributed by atoms with van der Waals surface area (Å²) < 4.78 is 1.65. The minimum Gasteiger partial charge on any atom is -0.481 e. The Morgan fingerprint density at radius 1 is 1.45 bits per heavy atom. The largest absolute Gasteiger partial charge is 0.481 e. The van der Waals surface area contributed by atoms with Crippen LogP contribution in [0.25, 0.3) is 5.78 Å². The minimum absolute atomic E-state index is 0.00609. The highest BCUT2D eigenvalue weighted by atomic mass is 32.2. The standard InChI is InChI=1S/C14H19N5O2S/c1-9-7-11(22-8-12(20)21)19-13(15-9)16-14(17-19)18-6-4-3-5-10(18)2/h7,10H,3-6,8H2,1-2H3,(H,20,21). The number of piperidine rings is 1. The minimum atomic E-state index is -0.849. The number of fused-ring (bicyclic) bond motifs is 1. The van der Waals surface area contributed by atoms with Gasteiger partial charge in [0, 0.05) is 18.3 Å². The van der Waals surface area contributed by atoms with Crippen LogP contribution < -0.4 is 4.90 Å². The topological polar surface area (TPSA) is 83.6 Å². The molecule has 3 heterocycles. The Bertz CT molecular complexity index is 702. The fourth-order valence-electron chi connectivity index (χ4n) is 2.70. The second kappa shape index (κ2) is 6.12. The molecule has 0 amide bonds. The van der Waals surface area contributed by atoms with Gasteiger partial charge in [0.2, 0.25) is 5.95 Å². The van der Waals surface area contributed by atoms with Gasteiger partial charge < -0.3 is 10.0 Å². The molecular weight excluding hydrogens is 302 g/mol. The Labute approximate surface area is 132 Å². The highest BCUT2D eigenvalue weighted by Crippen LogP contribution is 2.24. The molecule has 2 aromatic heterocycles. The van der Waals surface area contributed by atoms with Crippen LogP contribution in [0, 0.1) is 6.92 Å². The van der Waals surface area contributed by atoms with Gasteiger partial charge in [-0.2, -0.15) is 9.50 Å². The molecule has 8 heteroatoms. The van der Waals surface area contributed by atoms with Crippen molar-refractivity contribution in [3.63, 3.8) is 0 Å². The van der Waals surface area contributed by atoms with Gasteiger partial charge in [0.1, 0.15) is 5.03 Å². The van der Waals surface area contributed by atoms with Crippen molar-refractivity contribution < 1.29 is 9.90 Å². The van der Waals surface area contributed by atoms with Gasteiger partial charge in [-0.25, -0.2) is 4.98 Å². The molecule has 118 valence electrons. The van der Waals surface area contributed by atoms with E-state index >= 15 is 0 Å². The first-order valence-electron chi connectivity index (χ1n) is 7.40. The van der Waals surface area contributed by atoms with Crippen LogP contribution in [0.4, 0.5) is 5.95 Å². The number of rotatable bonds is 4. The van der Waals surface area contributed by atoms with E-state index in [1.807, 2.05) is 13.0 Å². The molecule has 0 saturated carbocycles. The number of aryl methyl sites for hydroxylation is 1. The van der Waals surface area contributed by atoms with Crippen molar-refractivity contribution in [3.05, 3.63) is 11.8 Å². The lowest BCUT2D eigenvalue weighted by Gasteiger charge is -2.32. The number of carboxylic acid groups (broad SMARTS) is 1. The zero-order valence-corrected chi connectivity index (χ0v) is 13.5.